The Labute approximate surface area is 180 Å². The molecular formula is C25H24N2O2S. The first-order chi connectivity index (χ1) is 14.7. The Kier molecular flexibility index (Phi) is 6.40. The van der Waals surface area contributed by atoms with Crippen LogP contribution in [0.15, 0.2) is 89.8 Å². The summed E-state index contributed by atoms with van der Waals surface area (Å²) in [4.78, 5) is 17.1. The van der Waals surface area contributed by atoms with E-state index >= 15 is 0 Å². The van der Waals surface area contributed by atoms with Crippen LogP contribution in [0.2, 0.25) is 0 Å². The summed E-state index contributed by atoms with van der Waals surface area (Å²) >= 11 is 1.75. The smallest absolute Gasteiger partial charge is 0.260 e. The average molecular weight is 417 g/mol. The Morgan fingerprint density at radius 1 is 0.967 bits per heavy atom. The molecule has 0 radical (unpaired) electrons. The van der Waals surface area contributed by atoms with E-state index in [1.165, 1.54) is 10.3 Å². The number of benzene rings is 3. The lowest BCUT2D eigenvalue weighted by atomic mass is 10.1. The van der Waals surface area contributed by atoms with Crippen LogP contribution in [0, 0.1) is 0 Å². The highest BCUT2D eigenvalue weighted by molar-refractivity contribution is 7.99. The molecule has 3 aromatic carbocycles. The first kappa shape index (κ1) is 20.1. The Morgan fingerprint density at radius 3 is 2.40 bits per heavy atom. The number of fused-ring (bicyclic) bond motifs is 1. The fourth-order valence-corrected chi connectivity index (χ4v) is 4.36. The van der Waals surface area contributed by atoms with Crippen LogP contribution in [0.25, 0.3) is 22.2 Å². The van der Waals surface area contributed by atoms with Gasteiger partial charge in [-0.05, 0) is 30.7 Å². The van der Waals surface area contributed by atoms with E-state index in [0.717, 1.165) is 22.5 Å². The van der Waals surface area contributed by atoms with Gasteiger partial charge in [0, 0.05) is 28.1 Å². The zero-order valence-corrected chi connectivity index (χ0v) is 17.6. The highest BCUT2D eigenvalue weighted by Crippen LogP contribution is 2.37. The van der Waals surface area contributed by atoms with Gasteiger partial charge in [0.15, 0.2) is 6.10 Å². The standard InChI is InChI=1S/C25H24N2O2S/c1-18(29-20-12-6-3-7-13-20)25(28)26-16-17-30-24-21-14-8-9-15-22(21)27-23(24)19-10-4-2-5-11-19/h2-15,18,27H,16-17H2,1H3,(H,26,28)/t18-/m1/s1. The van der Waals surface area contributed by atoms with Gasteiger partial charge in [0.25, 0.3) is 5.91 Å². The third-order valence-electron chi connectivity index (χ3n) is 4.79. The Balaban J connectivity index is 1.39. The Hall–Kier alpha value is -3.18. The number of H-pyrrole nitrogens is 1. The number of hydrogen-bond donors (Lipinski definition) is 2. The van der Waals surface area contributed by atoms with E-state index < -0.39 is 6.10 Å². The van der Waals surface area contributed by atoms with E-state index in [0.29, 0.717) is 12.3 Å². The second-order valence-corrected chi connectivity index (χ2v) is 8.06. The van der Waals surface area contributed by atoms with Gasteiger partial charge >= 0.3 is 0 Å². The summed E-state index contributed by atoms with van der Waals surface area (Å²) < 4.78 is 5.69. The van der Waals surface area contributed by atoms with Gasteiger partial charge in [-0.25, -0.2) is 0 Å². The lowest BCUT2D eigenvalue weighted by molar-refractivity contribution is -0.127. The maximum absolute atomic E-state index is 12.4. The molecule has 0 fully saturated rings. The van der Waals surface area contributed by atoms with Crippen molar-refractivity contribution < 1.29 is 9.53 Å². The monoisotopic (exact) mass is 416 g/mol. The fourth-order valence-electron chi connectivity index (χ4n) is 3.30. The number of rotatable bonds is 8. The molecule has 0 saturated carbocycles. The first-order valence-electron chi connectivity index (χ1n) is 10.0. The van der Waals surface area contributed by atoms with Crippen LogP contribution in [0.5, 0.6) is 5.75 Å². The van der Waals surface area contributed by atoms with E-state index in [4.69, 9.17) is 4.74 Å². The normalized spacial score (nSPS) is 11.9. The van der Waals surface area contributed by atoms with Gasteiger partial charge in [0.05, 0.1) is 5.69 Å². The van der Waals surface area contributed by atoms with Gasteiger partial charge in [-0.15, -0.1) is 11.8 Å². The van der Waals surface area contributed by atoms with E-state index in [1.807, 2.05) is 54.6 Å². The lowest BCUT2D eigenvalue weighted by Crippen LogP contribution is -2.37. The predicted octanol–water partition coefficient (Wildman–Crippen LogP) is 5.51. The minimum Gasteiger partial charge on any atom is -0.481 e. The Bertz CT molecular complexity index is 1110. The van der Waals surface area contributed by atoms with Crippen molar-refractivity contribution in [2.75, 3.05) is 12.3 Å². The number of thioether (sulfide) groups is 1. The van der Waals surface area contributed by atoms with Crippen LogP contribution in [0.3, 0.4) is 0 Å². The summed E-state index contributed by atoms with van der Waals surface area (Å²) in [7, 11) is 0. The number of amides is 1. The van der Waals surface area contributed by atoms with E-state index in [9.17, 15) is 4.79 Å². The largest absolute Gasteiger partial charge is 0.481 e. The topological polar surface area (TPSA) is 54.1 Å². The van der Waals surface area contributed by atoms with Crippen LogP contribution in [0.4, 0.5) is 0 Å². The summed E-state index contributed by atoms with van der Waals surface area (Å²) in [5.74, 6) is 1.35. The van der Waals surface area contributed by atoms with Crippen LogP contribution in [-0.2, 0) is 4.79 Å². The fraction of sp³-hybridized carbons (Fsp3) is 0.160. The molecule has 0 saturated heterocycles. The van der Waals surface area contributed by atoms with Crippen molar-refractivity contribution in [2.45, 2.75) is 17.9 Å². The van der Waals surface area contributed by atoms with E-state index in [2.05, 4.69) is 40.6 Å². The maximum Gasteiger partial charge on any atom is 0.260 e. The van der Waals surface area contributed by atoms with Crippen molar-refractivity contribution >= 4 is 28.6 Å². The molecule has 0 bridgehead atoms. The van der Waals surface area contributed by atoms with Crippen molar-refractivity contribution in [3.63, 3.8) is 0 Å². The van der Waals surface area contributed by atoms with Crippen molar-refractivity contribution in [3.05, 3.63) is 84.9 Å². The van der Waals surface area contributed by atoms with Gasteiger partial charge in [0.2, 0.25) is 0 Å². The molecule has 0 aliphatic heterocycles. The van der Waals surface area contributed by atoms with Crippen LogP contribution >= 0.6 is 11.8 Å². The van der Waals surface area contributed by atoms with Gasteiger partial charge in [0.1, 0.15) is 5.75 Å². The molecule has 4 nitrogen and oxygen atoms in total. The molecular weight excluding hydrogens is 392 g/mol. The molecule has 1 amide bonds. The summed E-state index contributed by atoms with van der Waals surface area (Å²) in [6.07, 6.45) is -0.537. The summed E-state index contributed by atoms with van der Waals surface area (Å²) in [6.45, 7) is 2.34. The minimum atomic E-state index is -0.537. The molecule has 30 heavy (non-hydrogen) atoms. The van der Waals surface area contributed by atoms with Crippen molar-refractivity contribution in [1.29, 1.82) is 0 Å². The molecule has 0 aliphatic rings. The molecule has 1 aromatic heterocycles. The zero-order valence-electron chi connectivity index (χ0n) is 16.8. The van der Waals surface area contributed by atoms with E-state index in [1.54, 1.807) is 18.7 Å². The SMILES string of the molecule is C[C@@H](Oc1ccccc1)C(=O)NCCSc1c(-c2ccccc2)[nH]c2ccccc12. The number of hydrogen-bond acceptors (Lipinski definition) is 3. The van der Waals surface area contributed by atoms with E-state index in [-0.39, 0.29) is 5.91 Å². The van der Waals surface area contributed by atoms with Crippen molar-refractivity contribution in [1.82, 2.24) is 10.3 Å². The average Bonchev–Trinajstić information content (AvgIpc) is 3.16. The summed E-state index contributed by atoms with van der Waals surface area (Å²) in [6, 6.07) is 28.1. The molecule has 5 heteroatoms. The molecule has 0 aliphatic carbocycles. The second-order valence-electron chi connectivity index (χ2n) is 6.95. The van der Waals surface area contributed by atoms with Crippen molar-refractivity contribution in [2.24, 2.45) is 0 Å². The van der Waals surface area contributed by atoms with Crippen molar-refractivity contribution in [3.8, 4) is 17.0 Å². The van der Waals surface area contributed by atoms with Gasteiger partial charge in [-0.3, -0.25) is 4.79 Å². The van der Waals surface area contributed by atoms with Crippen LogP contribution in [0.1, 0.15) is 6.92 Å². The lowest BCUT2D eigenvalue weighted by Gasteiger charge is -2.14. The Morgan fingerprint density at radius 2 is 1.63 bits per heavy atom. The zero-order chi connectivity index (χ0) is 20.8. The molecule has 4 aromatic rings. The van der Waals surface area contributed by atoms with Gasteiger partial charge in [-0.1, -0.05) is 66.7 Å². The summed E-state index contributed by atoms with van der Waals surface area (Å²) in [5.41, 5.74) is 3.40. The molecule has 0 spiro atoms. The molecule has 152 valence electrons. The highest BCUT2D eigenvalue weighted by atomic mass is 32.2. The first-order valence-corrected chi connectivity index (χ1v) is 11.0. The maximum atomic E-state index is 12.4. The number of aromatic nitrogens is 1. The minimum absolute atomic E-state index is 0.110. The summed E-state index contributed by atoms with van der Waals surface area (Å²) in [5, 5.41) is 4.18. The van der Waals surface area contributed by atoms with Crippen LogP contribution < -0.4 is 10.1 Å². The molecule has 2 N–H and O–H groups in total. The quantitative estimate of drug-likeness (QED) is 0.294. The number of ether oxygens (including phenoxy) is 1. The van der Waals surface area contributed by atoms with Gasteiger partial charge < -0.3 is 15.0 Å². The number of aromatic amines is 1. The number of carbonyl (C=O) groups excluding carboxylic acids is 1. The number of carbonyl (C=O) groups is 1. The molecule has 0 unspecified atom stereocenters. The molecule has 4 rings (SSSR count). The predicted molar refractivity (Wildman–Crippen MR) is 124 cm³/mol. The molecule has 1 heterocycles. The second kappa shape index (κ2) is 9.55. The third kappa shape index (κ3) is 4.69. The van der Waals surface area contributed by atoms with Gasteiger partial charge in [-0.2, -0.15) is 0 Å². The highest BCUT2D eigenvalue weighted by Gasteiger charge is 2.16. The number of para-hydroxylation sites is 2. The third-order valence-corrected chi connectivity index (χ3v) is 5.91. The van der Waals surface area contributed by atoms with Crippen LogP contribution in [-0.4, -0.2) is 29.3 Å². The molecule has 1 atom stereocenters. The number of nitrogens with one attached hydrogen (secondary N) is 2.